The summed E-state index contributed by atoms with van der Waals surface area (Å²) in [5, 5.41) is 4.30. The minimum atomic E-state index is -0.232. The van der Waals surface area contributed by atoms with Crippen molar-refractivity contribution in [2.45, 2.75) is 25.3 Å². The molecule has 4 nitrogen and oxygen atoms in total. The zero-order valence-electron chi connectivity index (χ0n) is 9.16. The van der Waals surface area contributed by atoms with Crippen molar-refractivity contribution < 1.29 is 4.74 Å². The number of rotatable bonds is 5. The quantitative estimate of drug-likeness (QED) is 0.756. The molecule has 2 N–H and O–H groups in total. The van der Waals surface area contributed by atoms with Crippen LogP contribution in [0.4, 0.5) is 0 Å². The first-order chi connectivity index (χ1) is 6.53. The van der Waals surface area contributed by atoms with Gasteiger partial charge in [-0.1, -0.05) is 0 Å². The third kappa shape index (κ3) is 3.47. The van der Waals surface area contributed by atoms with Gasteiger partial charge >= 0.3 is 0 Å². The van der Waals surface area contributed by atoms with E-state index in [2.05, 4.69) is 5.10 Å². The van der Waals surface area contributed by atoms with Crippen LogP contribution in [0.25, 0.3) is 0 Å². The van der Waals surface area contributed by atoms with Gasteiger partial charge in [-0.15, -0.1) is 0 Å². The smallest absolute Gasteiger partial charge is 0.0642 e. The molecule has 0 saturated heterocycles. The molecular formula is C10H19N3O. The molecule has 0 aliphatic rings. The van der Waals surface area contributed by atoms with Crippen molar-refractivity contribution >= 4 is 0 Å². The summed E-state index contributed by atoms with van der Waals surface area (Å²) in [7, 11) is 3.60. The maximum absolute atomic E-state index is 6.11. The molecule has 4 heteroatoms. The van der Waals surface area contributed by atoms with E-state index in [0.717, 1.165) is 18.5 Å². The van der Waals surface area contributed by atoms with Crippen LogP contribution < -0.4 is 5.73 Å². The molecule has 14 heavy (non-hydrogen) atoms. The van der Waals surface area contributed by atoms with Gasteiger partial charge in [0, 0.05) is 38.9 Å². The molecule has 1 rings (SSSR count). The number of nitrogens with two attached hydrogens (primary N) is 1. The lowest BCUT2D eigenvalue weighted by Crippen LogP contribution is -2.39. The lowest BCUT2D eigenvalue weighted by Gasteiger charge is -2.22. The number of hydrogen-bond acceptors (Lipinski definition) is 3. The standard InChI is InChI=1S/C10H19N3O/c1-10(11,5-7-14-3)8-9-4-6-13(2)12-9/h4,6H,5,7-8,11H2,1-3H3. The van der Waals surface area contributed by atoms with E-state index in [4.69, 9.17) is 10.5 Å². The molecule has 1 aromatic heterocycles. The molecule has 0 aliphatic heterocycles. The van der Waals surface area contributed by atoms with Gasteiger partial charge in [-0.3, -0.25) is 4.68 Å². The Morgan fingerprint density at radius 3 is 2.86 bits per heavy atom. The second kappa shape index (κ2) is 4.57. The van der Waals surface area contributed by atoms with Crippen LogP contribution in [0.2, 0.25) is 0 Å². The van der Waals surface area contributed by atoms with E-state index >= 15 is 0 Å². The SMILES string of the molecule is COCCC(C)(N)Cc1ccn(C)n1. The molecule has 0 aromatic carbocycles. The Morgan fingerprint density at radius 1 is 1.64 bits per heavy atom. The summed E-state index contributed by atoms with van der Waals surface area (Å²) in [5.41, 5.74) is 6.92. The number of aryl methyl sites for hydroxylation is 1. The average molecular weight is 197 g/mol. The van der Waals surface area contributed by atoms with Crippen LogP contribution in [0.3, 0.4) is 0 Å². The number of hydrogen-bond donors (Lipinski definition) is 1. The molecule has 1 aromatic rings. The number of aromatic nitrogens is 2. The number of nitrogens with zero attached hydrogens (tertiary/aromatic N) is 2. The van der Waals surface area contributed by atoms with Crippen LogP contribution >= 0.6 is 0 Å². The monoisotopic (exact) mass is 197 g/mol. The first-order valence-electron chi connectivity index (χ1n) is 4.80. The predicted octanol–water partition coefficient (Wildman–Crippen LogP) is 0.716. The highest BCUT2D eigenvalue weighted by Crippen LogP contribution is 2.12. The highest BCUT2D eigenvalue weighted by atomic mass is 16.5. The van der Waals surface area contributed by atoms with Crippen molar-refractivity contribution in [2.24, 2.45) is 12.8 Å². The first kappa shape index (κ1) is 11.2. The molecule has 0 bridgehead atoms. The maximum Gasteiger partial charge on any atom is 0.0642 e. The predicted molar refractivity (Wildman–Crippen MR) is 56.0 cm³/mol. The Morgan fingerprint density at radius 2 is 2.36 bits per heavy atom. The maximum atomic E-state index is 6.11. The summed E-state index contributed by atoms with van der Waals surface area (Å²) in [6.45, 7) is 2.72. The summed E-state index contributed by atoms with van der Waals surface area (Å²) < 4.78 is 6.81. The fraction of sp³-hybridized carbons (Fsp3) is 0.700. The van der Waals surface area contributed by atoms with Crippen LogP contribution in [-0.2, 0) is 18.2 Å². The molecule has 1 unspecified atom stereocenters. The van der Waals surface area contributed by atoms with Crippen molar-refractivity contribution in [1.82, 2.24) is 9.78 Å². The number of methoxy groups -OCH3 is 1. The van der Waals surface area contributed by atoms with Crippen LogP contribution in [0, 0.1) is 0 Å². The zero-order chi connectivity index (χ0) is 10.6. The van der Waals surface area contributed by atoms with E-state index in [9.17, 15) is 0 Å². The molecule has 0 fully saturated rings. The highest BCUT2D eigenvalue weighted by Gasteiger charge is 2.19. The van der Waals surface area contributed by atoms with Gasteiger partial charge in [0.05, 0.1) is 5.69 Å². The Bertz CT molecular complexity index is 281. The van der Waals surface area contributed by atoms with E-state index in [1.165, 1.54) is 0 Å². The minimum absolute atomic E-state index is 0.232. The lowest BCUT2D eigenvalue weighted by molar-refractivity contribution is 0.171. The lowest BCUT2D eigenvalue weighted by atomic mass is 9.94. The summed E-state index contributed by atoms with van der Waals surface area (Å²) in [4.78, 5) is 0. The van der Waals surface area contributed by atoms with Crippen molar-refractivity contribution in [3.8, 4) is 0 Å². The van der Waals surface area contributed by atoms with Gasteiger partial charge in [0.25, 0.3) is 0 Å². The minimum Gasteiger partial charge on any atom is -0.385 e. The zero-order valence-corrected chi connectivity index (χ0v) is 9.16. The fourth-order valence-corrected chi connectivity index (χ4v) is 1.39. The fourth-order valence-electron chi connectivity index (χ4n) is 1.39. The molecule has 0 amide bonds. The van der Waals surface area contributed by atoms with Gasteiger partial charge in [0.2, 0.25) is 0 Å². The van der Waals surface area contributed by atoms with Crippen LogP contribution in [-0.4, -0.2) is 29.0 Å². The molecule has 0 spiro atoms. The van der Waals surface area contributed by atoms with Crippen LogP contribution in [0.1, 0.15) is 19.0 Å². The Hall–Kier alpha value is -0.870. The Balaban J connectivity index is 2.49. The normalized spacial score (nSPS) is 15.4. The molecule has 0 saturated carbocycles. The van der Waals surface area contributed by atoms with Crippen molar-refractivity contribution in [1.29, 1.82) is 0 Å². The molecule has 0 radical (unpaired) electrons. The van der Waals surface area contributed by atoms with E-state index in [1.54, 1.807) is 11.8 Å². The second-order valence-electron chi connectivity index (χ2n) is 4.05. The molecular weight excluding hydrogens is 178 g/mol. The van der Waals surface area contributed by atoms with E-state index in [0.29, 0.717) is 6.61 Å². The van der Waals surface area contributed by atoms with Gasteiger partial charge in [0.15, 0.2) is 0 Å². The van der Waals surface area contributed by atoms with E-state index in [1.807, 2.05) is 26.2 Å². The van der Waals surface area contributed by atoms with Gasteiger partial charge in [-0.2, -0.15) is 5.10 Å². The average Bonchev–Trinajstić information content (AvgIpc) is 2.47. The van der Waals surface area contributed by atoms with Crippen molar-refractivity contribution in [3.05, 3.63) is 18.0 Å². The Labute approximate surface area is 85.0 Å². The van der Waals surface area contributed by atoms with E-state index < -0.39 is 0 Å². The summed E-state index contributed by atoms with van der Waals surface area (Å²) >= 11 is 0. The summed E-state index contributed by atoms with van der Waals surface area (Å²) in [6.07, 6.45) is 3.57. The van der Waals surface area contributed by atoms with Crippen molar-refractivity contribution in [3.63, 3.8) is 0 Å². The second-order valence-corrected chi connectivity index (χ2v) is 4.05. The molecule has 1 atom stereocenters. The van der Waals surface area contributed by atoms with Gasteiger partial charge < -0.3 is 10.5 Å². The molecule has 0 aliphatic carbocycles. The van der Waals surface area contributed by atoms with Gasteiger partial charge in [0.1, 0.15) is 0 Å². The Kier molecular flexibility index (Phi) is 3.66. The summed E-state index contributed by atoms with van der Waals surface area (Å²) in [6, 6.07) is 2.00. The topological polar surface area (TPSA) is 53.1 Å². The summed E-state index contributed by atoms with van der Waals surface area (Å²) in [5.74, 6) is 0. The molecule has 1 heterocycles. The highest BCUT2D eigenvalue weighted by molar-refractivity contribution is 5.04. The van der Waals surface area contributed by atoms with Gasteiger partial charge in [-0.05, 0) is 19.4 Å². The third-order valence-electron chi connectivity index (χ3n) is 2.23. The third-order valence-corrected chi connectivity index (χ3v) is 2.23. The largest absolute Gasteiger partial charge is 0.385 e. The van der Waals surface area contributed by atoms with Crippen molar-refractivity contribution in [2.75, 3.05) is 13.7 Å². The first-order valence-corrected chi connectivity index (χ1v) is 4.80. The van der Waals surface area contributed by atoms with Gasteiger partial charge in [-0.25, -0.2) is 0 Å². The van der Waals surface area contributed by atoms with E-state index in [-0.39, 0.29) is 5.54 Å². The van der Waals surface area contributed by atoms with Crippen LogP contribution in [0.15, 0.2) is 12.3 Å². The van der Waals surface area contributed by atoms with Crippen LogP contribution in [0.5, 0.6) is 0 Å². The number of ether oxygens (including phenoxy) is 1. The molecule has 80 valence electrons.